The number of nitrogen functional groups attached to an aromatic ring is 1. The molecule has 3 N–H and O–H groups in total. The number of piperidine rings is 1. The van der Waals surface area contributed by atoms with Crippen LogP contribution in [0.25, 0.3) is 0 Å². The summed E-state index contributed by atoms with van der Waals surface area (Å²) in [6.07, 6.45) is 1.60. The molecule has 0 atom stereocenters. The average Bonchev–Trinajstić information content (AvgIpc) is 2.49. The number of hydrogen-bond acceptors (Lipinski definition) is 3. The number of aliphatic carboxylic acids is 1. The van der Waals surface area contributed by atoms with Gasteiger partial charge in [-0.1, -0.05) is 6.92 Å². The minimum Gasteiger partial charge on any atom is -0.481 e. The molecule has 1 aromatic rings. The fraction of sp³-hybridized carbons (Fsp3) is 0.467. The zero-order valence-corrected chi connectivity index (χ0v) is 13.5. The van der Waals surface area contributed by atoms with Crippen LogP contribution < -0.4 is 5.73 Å². The second-order valence-electron chi connectivity index (χ2n) is 5.47. The predicted molar refractivity (Wildman–Crippen MR) is 84.1 cm³/mol. The number of rotatable bonds is 3. The number of hydrogen-bond donors (Lipinski definition) is 2. The fourth-order valence-electron chi connectivity index (χ4n) is 2.70. The monoisotopic (exact) mass is 354 g/mol. The molecule has 0 saturated carbocycles. The van der Waals surface area contributed by atoms with Crippen molar-refractivity contribution >= 4 is 33.5 Å². The summed E-state index contributed by atoms with van der Waals surface area (Å²) in [5.41, 5.74) is 6.18. The van der Waals surface area contributed by atoms with Crippen molar-refractivity contribution in [3.8, 4) is 0 Å². The maximum absolute atomic E-state index is 12.4. The number of benzene rings is 1. The van der Waals surface area contributed by atoms with Crippen LogP contribution in [0.1, 0.15) is 36.5 Å². The Balaban J connectivity index is 2.09. The molecule has 0 bridgehead atoms. The number of halogens is 1. The molecule has 1 aliphatic heterocycles. The van der Waals surface area contributed by atoms with Crippen LogP contribution in [0.5, 0.6) is 0 Å². The molecular formula is C15H19BrN2O3. The van der Waals surface area contributed by atoms with Gasteiger partial charge in [0.05, 0.1) is 5.41 Å². The highest BCUT2D eigenvalue weighted by Crippen LogP contribution is 2.35. The Morgan fingerprint density at radius 1 is 1.38 bits per heavy atom. The second kappa shape index (κ2) is 6.05. The minimum atomic E-state index is -0.757. The van der Waals surface area contributed by atoms with E-state index in [1.807, 2.05) is 6.92 Å². The lowest BCUT2D eigenvalue weighted by Crippen LogP contribution is -2.46. The zero-order valence-electron chi connectivity index (χ0n) is 11.9. The number of carboxylic acid groups (broad SMARTS) is 1. The molecule has 5 nitrogen and oxygen atoms in total. The first-order valence-corrected chi connectivity index (χ1v) is 7.76. The maximum atomic E-state index is 12.4. The third-order valence-corrected chi connectivity index (χ3v) is 5.07. The fourth-order valence-corrected chi connectivity index (χ4v) is 3.08. The highest BCUT2D eigenvalue weighted by molar-refractivity contribution is 9.10. The first-order chi connectivity index (χ1) is 9.89. The number of likely N-dealkylation sites (tertiary alicyclic amines) is 1. The maximum Gasteiger partial charge on any atom is 0.309 e. The molecule has 1 aliphatic rings. The SMILES string of the molecule is CCC1(C(=O)O)CCN(C(=O)c2ccc(N)c(Br)c2)CC1. The van der Waals surface area contributed by atoms with E-state index in [4.69, 9.17) is 5.73 Å². The van der Waals surface area contributed by atoms with E-state index in [1.54, 1.807) is 23.1 Å². The van der Waals surface area contributed by atoms with Gasteiger partial charge in [0.2, 0.25) is 0 Å². The summed E-state index contributed by atoms with van der Waals surface area (Å²) < 4.78 is 0.693. The van der Waals surface area contributed by atoms with Gasteiger partial charge < -0.3 is 15.7 Å². The molecule has 0 radical (unpaired) electrons. The highest BCUT2D eigenvalue weighted by Gasteiger charge is 2.40. The van der Waals surface area contributed by atoms with E-state index in [2.05, 4.69) is 15.9 Å². The summed E-state index contributed by atoms with van der Waals surface area (Å²) in [5.74, 6) is -0.835. The molecule has 0 aromatic heterocycles. The van der Waals surface area contributed by atoms with Crippen LogP contribution >= 0.6 is 15.9 Å². The number of carbonyl (C=O) groups is 2. The molecule has 6 heteroatoms. The summed E-state index contributed by atoms with van der Waals surface area (Å²) in [4.78, 5) is 25.6. The van der Waals surface area contributed by atoms with Gasteiger partial charge in [-0.25, -0.2) is 0 Å². The molecule has 0 unspecified atom stereocenters. The molecule has 1 fully saturated rings. The van der Waals surface area contributed by atoms with Crippen molar-refractivity contribution < 1.29 is 14.7 Å². The topological polar surface area (TPSA) is 83.6 Å². The highest BCUT2D eigenvalue weighted by atomic mass is 79.9. The standard InChI is InChI=1S/C15H19BrN2O3/c1-2-15(14(20)21)5-7-18(8-6-15)13(19)10-3-4-12(17)11(16)9-10/h3-4,9H,2,5-8,17H2,1H3,(H,20,21). The molecule has 1 heterocycles. The smallest absolute Gasteiger partial charge is 0.309 e. The number of carboxylic acids is 1. The Kier molecular flexibility index (Phi) is 4.56. The predicted octanol–water partition coefficient (Wildman–Crippen LogP) is 2.75. The molecule has 0 spiro atoms. The average molecular weight is 355 g/mol. The van der Waals surface area contributed by atoms with Gasteiger partial charge in [-0.05, 0) is 53.4 Å². The largest absolute Gasteiger partial charge is 0.481 e. The lowest BCUT2D eigenvalue weighted by molar-refractivity contribution is -0.152. The van der Waals surface area contributed by atoms with Crippen LogP contribution in [0, 0.1) is 5.41 Å². The summed E-state index contributed by atoms with van der Waals surface area (Å²) in [6, 6.07) is 5.09. The lowest BCUT2D eigenvalue weighted by Gasteiger charge is -2.38. The van der Waals surface area contributed by atoms with Crippen molar-refractivity contribution in [1.29, 1.82) is 0 Å². The normalized spacial score (nSPS) is 17.5. The van der Waals surface area contributed by atoms with Gasteiger partial charge in [-0.15, -0.1) is 0 Å². The van der Waals surface area contributed by atoms with E-state index in [0.29, 0.717) is 48.1 Å². The van der Waals surface area contributed by atoms with Crippen LogP contribution in [0.2, 0.25) is 0 Å². The van der Waals surface area contributed by atoms with E-state index in [-0.39, 0.29) is 5.91 Å². The summed E-state index contributed by atoms with van der Waals surface area (Å²) in [6.45, 7) is 2.84. The molecule has 2 rings (SSSR count). The quantitative estimate of drug-likeness (QED) is 0.817. The number of anilines is 1. The zero-order chi connectivity index (χ0) is 15.6. The van der Waals surface area contributed by atoms with Crippen molar-refractivity contribution in [2.75, 3.05) is 18.8 Å². The third-order valence-electron chi connectivity index (χ3n) is 4.39. The second-order valence-corrected chi connectivity index (χ2v) is 6.32. The number of carbonyl (C=O) groups excluding carboxylic acids is 1. The van der Waals surface area contributed by atoms with Gasteiger partial charge in [0.25, 0.3) is 5.91 Å². The number of nitrogens with zero attached hydrogens (tertiary/aromatic N) is 1. The van der Waals surface area contributed by atoms with Crippen molar-refractivity contribution in [2.45, 2.75) is 26.2 Å². The lowest BCUT2D eigenvalue weighted by atomic mass is 9.76. The van der Waals surface area contributed by atoms with Gasteiger partial charge in [-0.2, -0.15) is 0 Å². The van der Waals surface area contributed by atoms with Crippen LogP contribution in [0.15, 0.2) is 22.7 Å². The Morgan fingerprint density at radius 3 is 2.48 bits per heavy atom. The molecule has 21 heavy (non-hydrogen) atoms. The van der Waals surface area contributed by atoms with Crippen molar-refractivity contribution in [2.24, 2.45) is 5.41 Å². The minimum absolute atomic E-state index is 0.0780. The summed E-state index contributed by atoms with van der Waals surface area (Å²) in [5, 5.41) is 9.37. The number of nitrogens with two attached hydrogens (primary N) is 1. The van der Waals surface area contributed by atoms with E-state index in [9.17, 15) is 14.7 Å². The van der Waals surface area contributed by atoms with E-state index >= 15 is 0 Å². The van der Waals surface area contributed by atoms with E-state index in [0.717, 1.165) is 0 Å². The molecular weight excluding hydrogens is 336 g/mol. The van der Waals surface area contributed by atoms with Crippen LogP contribution in [-0.2, 0) is 4.79 Å². The number of amides is 1. The Bertz CT molecular complexity index is 566. The molecule has 1 saturated heterocycles. The van der Waals surface area contributed by atoms with Crippen molar-refractivity contribution in [3.05, 3.63) is 28.2 Å². The Labute approximate surface area is 132 Å². The summed E-state index contributed by atoms with van der Waals surface area (Å²) in [7, 11) is 0. The van der Waals surface area contributed by atoms with Crippen LogP contribution in [0.4, 0.5) is 5.69 Å². The molecule has 114 valence electrons. The Hall–Kier alpha value is -1.56. The van der Waals surface area contributed by atoms with Gasteiger partial charge in [0.15, 0.2) is 0 Å². The van der Waals surface area contributed by atoms with Gasteiger partial charge in [0.1, 0.15) is 0 Å². The van der Waals surface area contributed by atoms with Crippen molar-refractivity contribution in [3.63, 3.8) is 0 Å². The van der Waals surface area contributed by atoms with Gasteiger partial charge in [0, 0.05) is 28.8 Å². The molecule has 0 aliphatic carbocycles. The third kappa shape index (κ3) is 3.05. The van der Waals surface area contributed by atoms with E-state index < -0.39 is 11.4 Å². The van der Waals surface area contributed by atoms with Crippen LogP contribution in [-0.4, -0.2) is 35.0 Å². The van der Waals surface area contributed by atoms with Gasteiger partial charge in [-0.3, -0.25) is 9.59 Å². The van der Waals surface area contributed by atoms with Crippen molar-refractivity contribution in [1.82, 2.24) is 4.90 Å². The van der Waals surface area contributed by atoms with E-state index in [1.165, 1.54) is 0 Å². The van der Waals surface area contributed by atoms with Gasteiger partial charge >= 0.3 is 5.97 Å². The Morgan fingerprint density at radius 2 is 2.00 bits per heavy atom. The molecule has 1 amide bonds. The first kappa shape index (κ1) is 15.8. The molecule has 1 aromatic carbocycles. The first-order valence-electron chi connectivity index (χ1n) is 6.97. The van der Waals surface area contributed by atoms with Crippen LogP contribution in [0.3, 0.4) is 0 Å². The summed E-state index contributed by atoms with van der Waals surface area (Å²) >= 11 is 3.31.